The number of nitrogens with one attached hydrogen (secondary N) is 1. The first kappa shape index (κ1) is 20.4. The predicted octanol–water partition coefficient (Wildman–Crippen LogP) is 3.77. The Hall–Kier alpha value is -2.87. The number of carbonyl (C=O) groups is 1. The van der Waals surface area contributed by atoms with Crippen LogP contribution >= 0.6 is 11.8 Å². The van der Waals surface area contributed by atoms with Gasteiger partial charge in [0.2, 0.25) is 5.95 Å². The molecule has 7 nitrogen and oxygen atoms in total. The van der Waals surface area contributed by atoms with Gasteiger partial charge in [-0.15, -0.1) is 11.8 Å². The smallest absolute Gasteiger partial charge is 0.252 e. The van der Waals surface area contributed by atoms with Gasteiger partial charge in [0.1, 0.15) is 5.76 Å². The number of nitrogens with zero attached hydrogens (tertiary/aromatic N) is 4. The number of piperidine rings is 1. The molecular formula is C22H25N5O2S. The molecule has 0 bridgehead atoms. The molecule has 156 valence electrons. The molecule has 1 atom stereocenters. The molecule has 1 unspecified atom stereocenters. The predicted molar refractivity (Wildman–Crippen MR) is 117 cm³/mol. The summed E-state index contributed by atoms with van der Waals surface area (Å²) < 4.78 is 5.25. The summed E-state index contributed by atoms with van der Waals surface area (Å²) in [5.41, 5.74) is 2.68. The van der Waals surface area contributed by atoms with Crippen molar-refractivity contribution in [1.29, 1.82) is 0 Å². The van der Waals surface area contributed by atoms with E-state index in [4.69, 9.17) is 4.52 Å². The minimum atomic E-state index is -0.0438. The lowest BCUT2D eigenvalue weighted by Crippen LogP contribution is -2.48. The maximum absolute atomic E-state index is 13.1. The molecule has 1 N–H and O–H groups in total. The molecular weight excluding hydrogens is 398 g/mol. The molecule has 3 aromatic rings. The fourth-order valence-corrected chi connectivity index (χ4v) is 4.84. The van der Waals surface area contributed by atoms with Crippen LogP contribution in [0.5, 0.6) is 0 Å². The van der Waals surface area contributed by atoms with E-state index in [-0.39, 0.29) is 11.9 Å². The van der Waals surface area contributed by atoms with Crippen LogP contribution in [0.25, 0.3) is 0 Å². The molecule has 30 heavy (non-hydrogen) atoms. The van der Waals surface area contributed by atoms with E-state index in [1.807, 2.05) is 44.2 Å². The van der Waals surface area contributed by atoms with Crippen molar-refractivity contribution in [3.8, 4) is 0 Å². The number of amides is 1. The fraction of sp³-hybridized carbons (Fsp3) is 0.364. The minimum Gasteiger partial charge on any atom is -0.361 e. The molecule has 0 aliphatic carbocycles. The molecule has 2 aromatic heterocycles. The van der Waals surface area contributed by atoms with Crippen molar-refractivity contribution in [2.24, 2.45) is 0 Å². The molecule has 1 amide bonds. The summed E-state index contributed by atoms with van der Waals surface area (Å²) in [6.07, 6.45) is 5.43. The van der Waals surface area contributed by atoms with Crippen molar-refractivity contribution in [3.05, 3.63) is 65.3 Å². The number of rotatable bonds is 6. The quantitative estimate of drug-likeness (QED) is 0.604. The Balaban J connectivity index is 1.42. The van der Waals surface area contributed by atoms with Crippen LogP contribution < -0.4 is 10.2 Å². The monoisotopic (exact) mass is 423 g/mol. The lowest BCUT2D eigenvalue weighted by atomic mass is 10.1. The van der Waals surface area contributed by atoms with Gasteiger partial charge in [0.15, 0.2) is 0 Å². The number of aromatic nitrogens is 3. The average molecular weight is 424 g/mol. The number of benzene rings is 1. The highest BCUT2D eigenvalue weighted by Gasteiger charge is 2.24. The third-order valence-corrected chi connectivity index (χ3v) is 6.38. The van der Waals surface area contributed by atoms with Crippen molar-refractivity contribution in [2.75, 3.05) is 18.0 Å². The van der Waals surface area contributed by atoms with Gasteiger partial charge in [0.05, 0.1) is 11.3 Å². The number of hydrogen-bond donors (Lipinski definition) is 1. The van der Waals surface area contributed by atoms with Crippen LogP contribution in [0.2, 0.25) is 0 Å². The zero-order chi connectivity index (χ0) is 20.9. The van der Waals surface area contributed by atoms with Gasteiger partial charge in [0.25, 0.3) is 5.91 Å². The molecule has 1 fully saturated rings. The van der Waals surface area contributed by atoms with E-state index in [0.29, 0.717) is 23.8 Å². The third kappa shape index (κ3) is 4.64. The first-order chi connectivity index (χ1) is 14.6. The molecule has 1 saturated heterocycles. The zero-order valence-corrected chi connectivity index (χ0v) is 18.0. The summed E-state index contributed by atoms with van der Waals surface area (Å²) in [6, 6.07) is 9.61. The van der Waals surface area contributed by atoms with E-state index in [9.17, 15) is 4.79 Å². The molecule has 0 spiro atoms. The Morgan fingerprint density at radius 2 is 2.03 bits per heavy atom. The Kier molecular flexibility index (Phi) is 6.32. The van der Waals surface area contributed by atoms with E-state index in [2.05, 4.69) is 25.3 Å². The summed E-state index contributed by atoms with van der Waals surface area (Å²) in [7, 11) is 0. The summed E-state index contributed by atoms with van der Waals surface area (Å²) in [4.78, 5) is 24.8. The van der Waals surface area contributed by atoms with E-state index in [1.165, 1.54) is 0 Å². The molecule has 3 heterocycles. The van der Waals surface area contributed by atoms with E-state index in [1.54, 1.807) is 24.2 Å². The largest absolute Gasteiger partial charge is 0.361 e. The third-order valence-electron chi connectivity index (χ3n) is 5.28. The molecule has 8 heteroatoms. The van der Waals surface area contributed by atoms with Crippen LogP contribution in [0.4, 0.5) is 5.95 Å². The average Bonchev–Trinajstić information content (AvgIpc) is 3.10. The lowest BCUT2D eigenvalue weighted by Gasteiger charge is -2.33. The standard InChI is InChI=1S/C22H25N5O2S/c1-15-19(16(2)29-26-15)14-30-20-9-4-3-8-18(20)21(28)25-17-7-5-12-27(13-17)22-23-10-6-11-24-22/h3-4,6,8-11,17H,5,7,12-14H2,1-2H3,(H,25,28). The number of hydrogen-bond acceptors (Lipinski definition) is 7. The fourth-order valence-electron chi connectivity index (χ4n) is 3.63. The van der Waals surface area contributed by atoms with Crippen molar-refractivity contribution in [1.82, 2.24) is 20.4 Å². The lowest BCUT2D eigenvalue weighted by molar-refractivity contribution is 0.0930. The van der Waals surface area contributed by atoms with Crippen LogP contribution in [0, 0.1) is 13.8 Å². The van der Waals surface area contributed by atoms with Crippen molar-refractivity contribution >= 4 is 23.6 Å². The van der Waals surface area contributed by atoms with Gasteiger partial charge < -0.3 is 14.7 Å². The number of thioether (sulfide) groups is 1. The number of carbonyl (C=O) groups excluding carboxylic acids is 1. The number of aryl methyl sites for hydroxylation is 2. The van der Waals surface area contributed by atoms with Gasteiger partial charge in [0, 0.05) is 47.7 Å². The molecule has 1 aliphatic heterocycles. The van der Waals surface area contributed by atoms with Crippen LogP contribution in [0.1, 0.15) is 40.2 Å². The second-order valence-electron chi connectivity index (χ2n) is 7.39. The maximum Gasteiger partial charge on any atom is 0.252 e. The van der Waals surface area contributed by atoms with Crippen LogP contribution in [0.3, 0.4) is 0 Å². The Labute approximate surface area is 180 Å². The van der Waals surface area contributed by atoms with Crippen molar-refractivity contribution < 1.29 is 9.32 Å². The summed E-state index contributed by atoms with van der Waals surface area (Å²) >= 11 is 1.63. The zero-order valence-electron chi connectivity index (χ0n) is 17.2. The molecule has 0 radical (unpaired) electrons. The molecule has 4 rings (SSSR count). The van der Waals surface area contributed by atoms with E-state index in [0.717, 1.165) is 41.3 Å². The highest BCUT2D eigenvalue weighted by molar-refractivity contribution is 7.98. The summed E-state index contributed by atoms with van der Waals surface area (Å²) in [5, 5.41) is 7.22. The van der Waals surface area contributed by atoms with Gasteiger partial charge >= 0.3 is 0 Å². The van der Waals surface area contributed by atoms with Crippen LogP contribution in [0.15, 0.2) is 52.1 Å². The van der Waals surface area contributed by atoms with Gasteiger partial charge in [-0.05, 0) is 44.9 Å². The van der Waals surface area contributed by atoms with Crippen LogP contribution in [-0.2, 0) is 5.75 Å². The second kappa shape index (κ2) is 9.30. The first-order valence-electron chi connectivity index (χ1n) is 10.1. The van der Waals surface area contributed by atoms with E-state index < -0.39 is 0 Å². The molecule has 1 aromatic carbocycles. The summed E-state index contributed by atoms with van der Waals surface area (Å²) in [6.45, 7) is 5.47. The normalized spacial score (nSPS) is 16.5. The van der Waals surface area contributed by atoms with Gasteiger partial charge in [-0.1, -0.05) is 17.3 Å². The van der Waals surface area contributed by atoms with Crippen molar-refractivity contribution in [3.63, 3.8) is 0 Å². The Morgan fingerprint density at radius 3 is 2.80 bits per heavy atom. The molecule has 0 saturated carbocycles. The van der Waals surface area contributed by atoms with Crippen LogP contribution in [-0.4, -0.2) is 40.2 Å². The highest BCUT2D eigenvalue weighted by atomic mass is 32.2. The second-order valence-corrected chi connectivity index (χ2v) is 8.41. The molecule has 1 aliphatic rings. The SMILES string of the molecule is Cc1noc(C)c1CSc1ccccc1C(=O)NC1CCCN(c2ncccn2)C1. The van der Waals surface area contributed by atoms with Crippen molar-refractivity contribution in [2.45, 2.75) is 43.4 Å². The van der Waals surface area contributed by atoms with Gasteiger partial charge in [-0.2, -0.15) is 0 Å². The maximum atomic E-state index is 13.1. The summed E-state index contributed by atoms with van der Waals surface area (Å²) in [5.74, 6) is 2.21. The minimum absolute atomic E-state index is 0.0438. The Bertz CT molecular complexity index is 988. The van der Waals surface area contributed by atoms with Gasteiger partial charge in [-0.25, -0.2) is 9.97 Å². The highest BCUT2D eigenvalue weighted by Crippen LogP contribution is 2.29. The van der Waals surface area contributed by atoms with Gasteiger partial charge in [-0.3, -0.25) is 4.79 Å². The topological polar surface area (TPSA) is 84.2 Å². The number of anilines is 1. The first-order valence-corrected chi connectivity index (χ1v) is 11.1. The Morgan fingerprint density at radius 1 is 1.23 bits per heavy atom. The van der Waals surface area contributed by atoms with E-state index >= 15 is 0 Å².